The Hall–Kier alpha value is -2.15. The van der Waals surface area contributed by atoms with Crippen molar-refractivity contribution in [2.24, 2.45) is 0 Å². The summed E-state index contributed by atoms with van der Waals surface area (Å²) in [6.07, 6.45) is 7.56. The summed E-state index contributed by atoms with van der Waals surface area (Å²) in [5, 5.41) is 20.0. The molecule has 3 rings (SSSR count). The van der Waals surface area contributed by atoms with Crippen LogP contribution < -0.4 is 9.64 Å². The van der Waals surface area contributed by atoms with Gasteiger partial charge in [0.1, 0.15) is 11.0 Å². The van der Waals surface area contributed by atoms with Gasteiger partial charge < -0.3 is 9.84 Å². The Morgan fingerprint density at radius 1 is 1.19 bits per heavy atom. The van der Waals surface area contributed by atoms with Crippen LogP contribution in [0.5, 0.6) is 11.5 Å². The summed E-state index contributed by atoms with van der Waals surface area (Å²) < 4.78 is 5.26. The maximum Gasteiger partial charge on any atom is 0.252 e. The molecule has 0 saturated carbocycles. The van der Waals surface area contributed by atoms with E-state index in [2.05, 4.69) is 17.1 Å². The van der Waals surface area contributed by atoms with Crippen LogP contribution in [-0.4, -0.2) is 34.4 Å². The number of aryl methyl sites for hydroxylation is 1. The molecule has 2 aromatic rings. The average Bonchev–Trinajstić information content (AvgIpc) is 3.08. The van der Waals surface area contributed by atoms with Crippen molar-refractivity contribution >= 4 is 22.4 Å². The van der Waals surface area contributed by atoms with Gasteiger partial charge in [-0.1, -0.05) is 57.3 Å². The number of anilines is 1. The Balaban J connectivity index is 1.68. The Kier molecular flexibility index (Phi) is 6.31. The van der Waals surface area contributed by atoms with Gasteiger partial charge in [-0.15, -0.1) is 10.2 Å². The Labute approximate surface area is 164 Å². The molecule has 1 saturated heterocycles. The predicted octanol–water partition coefficient (Wildman–Crippen LogP) is 4.56. The highest BCUT2D eigenvalue weighted by Gasteiger charge is 2.48. The van der Waals surface area contributed by atoms with Gasteiger partial charge in [-0.25, -0.2) is 0 Å². The molecule has 1 aliphatic rings. The minimum absolute atomic E-state index is 0.0343. The number of aromatic nitrogens is 2. The number of carbonyl (C=O) groups is 1. The third-order valence-electron chi connectivity index (χ3n) is 4.97. The van der Waals surface area contributed by atoms with Gasteiger partial charge in [0.15, 0.2) is 11.5 Å². The Morgan fingerprint density at radius 3 is 2.67 bits per heavy atom. The van der Waals surface area contributed by atoms with Crippen molar-refractivity contribution in [2.45, 2.75) is 64.8 Å². The van der Waals surface area contributed by atoms with E-state index in [9.17, 15) is 9.90 Å². The van der Waals surface area contributed by atoms with Crippen molar-refractivity contribution in [1.29, 1.82) is 0 Å². The molecule has 0 aliphatic carbocycles. The van der Waals surface area contributed by atoms with E-state index in [1.165, 1.54) is 44.1 Å². The van der Waals surface area contributed by atoms with Crippen molar-refractivity contribution < 1.29 is 14.6 Å². The lowest BCUT2D eigenvalue weighted by atomic mass is 10.1. The molecule has 1 atom stereocenters. The summed E-state index contributed by atoms with van der Waals surface area (Å²) >= 11 is 1.40. The number of aromatic hydroxyl groups is 1. The van der Waals surface area contributed by atoms with Crippen molar-refractivity contribution in [3.8, 4) is 22.1 Å². The van der Waals surface area contributed by atoms with Crippen LogP contribution in [0.15, 0.2) is 12.1 Å². The fourth-order valence-corrected chi connectivity index (χ4v) is 4.17. The average molecular weight is 390 g/mol. The molecule has 1 aromatic heterocycles. The van der Waals surface area contributed by atoms with Gasteiger partial charge in [0.25, 0.3) is 5.91 Å². The molecular formula is C20H27N3O3S. The summed E-state index contributed by atoms with van der Waals surface area (Å²) in [5.74, 6) is 0.734. The first-order valence-corrected chi connectivity index (χ1v) is 10.5. The molecule has 1 aliphatic heterocycles. The van der Waals surface area contributed by atoms with Crippen molar-refractivity contribution in [3.05, 3.63) is 17.7 Å². The maximum absolute atomic E-state index is 12.1. The first kappa shape index (κ1) is 19.6. The van der Waals surface area contributed by atoms with E-state index in [0.29, 0.717) is 17.3 Å². The molecule has 1 aromatic carbocycles. The number of unbranched alkanes of at least 4 members (excludes halogenated alkanes) is 4. The topological polar surface area (TPSA) is 75.3 Å². The number of phenols is 1. The lowest BCUT2D eigenvalue weighted by Crippen LogP contribution is -1.98. The van der Waals surface area contributed by atoms with Crippen LogP contribution in [-0.2, 0) is 11.2 Å². The number of phenolic OH excluding ortho intramolecular Hbond substituents is 1. The van der Waals surface area contributed by atoms with E-state index in [4.69, 9.17) is 4.74 Å². The third kappa shape index (κ3) is 4.24. The largest absolute Gasteiger partial charge is 0.504 e. The second-order valence-electron chi connectivity index (χ2n) is 6.86. The lowest BCUT2D eigenvalue weighted by Gasteiger charge is -2.09. The highest BCUT2D eigenvalue weighted by atomic mass is 32.1. The molecule has 27 heavy (non-hydrogen) atoms. The molecule has 6 nitrogen and oxygen atoms in total. The summed E-state index contributed by atoms with van der Waals surface area (Å²) in [7, 11) is 1.53. The van der Waals surface area contributed by atoms with E-state index < -0.39 is 0 Å². The SMILES string of the molecule is CCCCCCCC1C(=O)N1c1nnc(-c2cc(CC)c(O)c(OC)c2)s1. The maximum atomic E-state index is 12.1. The fourth-order valence-electron chi connectivity index (χ4n) is 3.28. The van der Waals surface area contributed by atoms with E-state index in [1.807, 2.05) is 13.0 Å². The van der Waals surface area contributed by atoms with Gasteiger partial charge in [-0.3, -0.25) is 9.69 Å². The second kappa shape index (κ2) is 8.69. The smallest absolute Gasteiger partial charge is 0.252 e. The quantitative estimate of drug-likeness (QED) is 0.476. The van der Waals surface area contributed by atoms with Crippen molar-refractivity contribution in [3.63, 3.8) is 0 Å². The highest BCUT2D eigenvalue weighted by molar-refractivity contribution is 7.18. The van der Waals surface area contributed by atoms with E-state index in [0.717, 1.165) is 29.0 Å². The van der Waals surface area contributed by atoms with Crippen LogP contribution in [0.25, 0.3) is 10.6 Å². The molecule has 146 valence electrons. The third-order valence-corrected chi connectivity index (χ3v) is 5.94. The van der Waals surface area contributed by atoms with Crippen molar-refractivity contribution in [2.75, 3.05) is 12.0 Å². The number of amides is 1. The summed E-state index contributed by atoms with van der Waals surface area (Å²) in [5.41, 5.74) is 1.64. The highest BCUT2D eigenvalue weighted by Crippen LogP contribution is 2.40. The van der Waals surface area contributed by atoms with Crippen molar-refractivity contribution in [1.82, 2.24) is 10.2 Å². The molecule has 1 unspecified atom stereocenters. The number of nitrogens with zero attached hydrogens (tertiary/aromatic N) is 3. The zero-order valence-electron chi connectivity index (χ0n) is 16.2. The zero-order valence-corrected chi connectivity index (χ0v) is 17.0. The van der Waals surface area contributed by atoms with E-state index in [-0.39, 0.29) is 17.7 Å². The van der Waals surface area contributed by atoms with Gasteiger partial charge in [0.05, 0.1) is 7.11 Å². The van der Waals surface area contributed by atoms with Gasteiger partial charge in [0.2, 0.25) is 5.13 Å². The van der Waals surface area contributed by atoms with Gasteiger partial charge in [0, 0.05) is 5.56 Å². The zero-order chi connectivity index (χ0) is 19.4. The second-order valence-corrected chi connectivity index (χ2v) is 7.81. The number of rotatable bonds is 10. The minimum Gasteiger partial charge on any atom is -0.504 e. The number of benzene rings is 1. The van der Waals surface area contributed by atoms with Crippen LogP contribution in [0.2, 0.25) is 0 Å². The van der Waals surface area contributed by atoms with Gasteiger partial charge in [-0.2, -0.15) is 0 Å². The molecule has 2 heterocycles. The Morgan fingerprint density at radius 2 is 1.96 bits per heavy atom. The molecule has 0 spiro atoms. The Bertz CT molecular complexity index is 781. The monoisotopic (exact) mass is 389 g/mol. The standard InChI is InChI=1S/C20H27N3O3S/c1-4-6-7-8-9-10-15-19(25)23(15)20-22-21-18(27-20)14-11-13(5-2)17(24)16(12-14)26-3/h11-12,15,24H,4-10H2,1-3H3. The number of methoxy groups -OCH3 is 1. The molecule has 1 N–H and O–H groups in total. The minimum atomic E-state index is -0.0343. The summed E-state index contributed by atoms with van der Waals surface area (Å²) in [6.45, 7) is 4.18. The molecule has 1 amide bonds. The molecular weight excluding hydrogens is 362 g/mol. The van der Waals surface area contributed by atoms with Crippen LogP contribution >= 0.6 is 11.3 Å². The van der Waals surface area contributed by atoms with Crippen LogP contribution in [0.1, 0.15) is 57.9 Å². The number of hydrogen-bond acceptors (Lipinski definition) is 6. The number of hydrogen-bond donors (Lipinski definition) is 1. The summed E-state index contributed by atoms with van der Waals surface area (Å²) in [6, 6.07) is 3.62. The first-order valence-electron chi connectivity index (χ1n) is 9.67. The molecule has 7 heteroatoms. The van der Waals surface area contributed by atoms with E-state index in [1.54, 1.807) is 11.0 Å². The molecule has 1 fully saturated rings. The predicted molar refractivity (Wildman–Crippen MR) is 108 cm³/mol. The van der Waals surface area contributed by atoms with Crippen LogP contribution in [0.3, 0.4) is 0 Å². The van der Waals surface area contributed by atoms with Gasteiger partial charge in [-0.05, 0) is 30.5 Å². The summed E-state index contributed by atoms with van der Waals surface area (Å²) in [4.78, 5) is 13.9. The molecule has 0 bridgehead atoms. The fraction of sp³-hybridized carbons (Fsp3) is 0.550. The normalized spacial score (nSPS) is 16.0. The number of ether oxygens (including phenoxy) is 1. The van der Waals surface area contributed by atoms with Crippen LogP contribution in [0.4, 0.5) is 5.13 Å². The van der Waals surface area contributed by atoms with E-state index >= 15 is 0 Å². The van der Waals surface area contributed by atoms with Gasteiger partial charge >= 0.3 is 0 Å². The van der Waals surface area contributed by atoms with Crippen LogP contribution in [0, 0.1) is 0 Å². The molecule has 0 radical (unpaired) electrons. The first-order chi connectivity index (χ1) is 13.1. The lowest BCUT2D eigenvalue weighted by molar-refractivity contribution is -0.110. The number of carbonyl (C=O) groups excluding carboxylic acids is 1.